The van der Waals surface area contributed by atoms with E-state index in [9.17, 15) is 4.79 Å². The first kappa shape index (κ1) is 12.8. The molecule has 0 aromatic carbocycles. The second kappa shape index (κ2) is 5.03. The van der Waals surface area contributed by atoms with Crippen molar-refractivity contribution >= 4 is 17.2 Å². The zero-order chi connectivity index (χ0) is 14.1. The van der Waals surface area contributed by atoms with E-state index < -0.39 is 5.91 Å². The third-order valence-corrected chi connectivity index (χ3v) is 3.95. The van der Waals surface area contributed by atoms with Gasteiger partial charge in [-0.2, -0.15) is 5.10 Å². The Morgan fingerprint density at radius 2 is 2.25 bits per heavy atom. The zero-order valence-electron chi connectivity index (χ0n) is 11.3. The molecule has 8 nitrogen and oxygen atoms in total. The summed E-state index contributed by atoms with van der Waals surface area (Å²) in [4.78, 5) is 11.6. The molecule has 106 valence electrons. The number of carbonyl (C=O) groups excluding carboxylic acids is 1. The summed E-state index contributed by atoms with van der Waals surface area (Å²) in [6.45, 7) is 2.21. The summed E-state index contributed by atoms with van der Waals surface area (Å²) >= 11 is 0. The topological polar surface area (TPSA) is 111 Å². The van der Waals surface area contributed by atoms with Gasteiger partial charge in [0.1, 0.15) is 0 Å². The highest BCUT2D eigenvalue weighted by Crippen LogP contribution is 2.29. The van der Waals surface area contributed by atoms with Crippen LogP contribution in [-0.4, -0.2) is 37.2 Å². The fourth-order valence-electron chi connectivity index (χ4n) is 2.75. The molecule has 1 fully saturated rings. The second-order valence-corrected chi connectivity index (χ2v) is 5.30. The molecule has 0 aliphatic heterocycles. The first-order valence-corrected chi connectivity index (χ1v) is 6.80. The lowest BCUT2D eigenvalue weighted by Crippen LogP contribution is -2.32. The van der Waals surface area contributed by atoms with E-state index in [0.29, 0.717) is 28.9 Å². The summed E-state index contributed by atoms with van der Waals surface area (Å²) in [5, 5.41) is 18.6. The van der Waals surface area contributed by atoms with E-state index in [1.807, 2.05) is 0 Å². The molecule has 3 N–H and O–H groups in total. The summed E-state index contributed by atoms with van der Waals surface area (Å²) in [6.07, 6.45) is 6.08. The largest absolute Gasteiger partial charge is 0.378 e. The van der Waals surface area contributed by atoms with Crippen molar-refractivity contribution in [3.8, 4) is 0 Å². The fourth-order valence-corrected chi connectivity index (χ4v) is 2.75. The van der Waals surface area contributed by atoms with Crippen LogP contribution in [0.1, 0.15) is 43.0 Å². The Hall–Kier alpha value is -2.25. The van der Waals surface area contributed by atoms with Crippen molar-refractivity contribution in [2.24, 2.45) is 11.7 Å². The number of tetrazole rings is 1. The maximum Gasteiger partial charge on any atom is 0.252 e. The first-order chi connectivity index (χ1) is 9.66. The van der Waals surface area contributed by atoms with E-state index >= 15 is 0 Å². The summed E-state index contributed by atoms with van der Waals surface area (Å²) in [6, 6.07) is 0.296. The van der Waals surface area contributed by atoms with Crippen LogP contribution in [0.25, 0.3) is 5.65 Å². The van der Waals surface area contributed by atoms with Crippen molar-refractivity contribution in [1.29, 1.82) is 0 Å². The quantitative estimate of drug-likeness (QED) is 0.849. The third kappa shape index (κ3) is 2.17. The molecule has 2 aromatic rings. The number of primary amides is 1. The van der Waals surface area contributed by atoms with Crippen LogP contribution < -0.4 is 11.1 Å². The maximum absolute atomic E-state index is 11.6. The van der Waals surface area contributed by atoms with Crippen molar-refractivity contribution in [2.75, 3.05) is 5.32 Å². The standard InChI is InChI=1S/C12H17N7O/c1-7-4-2-3-5-9(7)15-10-8(11(13)20)6-14-19-12(10)16-17-18-19/h6-7,9,15H,2-5H2,1H3,(H2,13,20). The number of hydrogen-bond acceptors (Lipinski definition) is 6. The summed E-state index contributed by atoms with van der Waals surface area (Å²) in [7, 11) is 0. The second-order valence-electron chi connectivity index (χ2n) is 5.30. The van der Waals surface area contributed by atoms with Crippen molar-refractivity contribution in [1.82, 2.24) is 25.3 Å². The van der Waals surface area contributed by atoms with Gasteiger partial charge in [0.15, 0.2) is 0 Å². The average molecular weight is 275 g/mol. The van der Waals surface area contributed by atoms with Crippen molar-refractivity contribution in [3.63, 3.8) is 0 Å². The molecule has 20 heavy (non-hydrogen) atoms. The smallest absolute Gasteiger partial charge is 0.252 e. The summed E-state index contributed by atoms with van der Waals surface area (Å²) in [5.41, 5.74) is 6.75. The molecular weight excluding hydrogens is 258 g/mol. The van der Waals surface area contributed by atoms with E-state index in [1.165, 1.54) is 30.1 Å². The van der Waals surface area contributed by atoms with Crippen LogP contribution >= 0.6 is 0 Å². The van der Waals surface area contributed by atoms with Crippen molar-refractivity contribution in [3.05, 3.63) is 11.8 Å². The van der Waals surface area contributed by atoms with Crippen LogP contribution in [0.4, 0.5) is 5.69 Å². The highest BCUT2D eigenvalue weighted by atomic mass is 16.1. The van der Waals surface area contributed by atoms with Gasteiger partial charge in [0.2, 0.25) is 5.65 Å². The van der Waals surface area contributed by atoms with Gasteiger partial charge in [-0.1, -0.05) is 19.8 Å². The van der Waals surface area contributed by atoms with E-state index in [-0.39, 0.29) is 0 Å². The number of anilines is 1. The van der Waals surface area contributed by atoms with Crippen LogP contribution in [0.2, 0.25) is 0 Å². The number of nitrogens with one attached hydrogen (secondary N) is 1. The van der Waals surface area contributed by atoms with Crippen LogP contribution in [0, 0.1) is 5.92 Å². The molecule has 2 aromatic heterocycles. The minimum Gasteiger partial charge on any atom is -0.378 e. The lowest BCUT2D eigenvalue weighted by Gasteiger charge is -2.30. The minimum atomic E-state index is -0.533. The molecule has 1 aliphatic rings. The van der Waals surface area contributed by atoms with Crippen molar-refractivity contribution in [2.45, 2.75) is 38.6 Å². The Bertz CT molecular complexity index is 638. The van der Waals surface area contributed by atoms with E-state index in [0.717, 1.165) is 6.42 Å². The molecule has 0 bridgehead atoms. The predicted octanol–water partition coefficient (Wildman–Crippen LogP) is 0.609. The molecule has 1 aliphatic carbocycles. The zero-order valence-corrected chi connectivity index (χ0v) is 11.3. The number of nitrogens with two attached hydrogens (primary N) is 1. The van der Waals surface area contributed by atoms with Gasteiger partial charge in [0.25, 0.3) is 5.91 Å². The highest BCUT2D eigenvalue weighted by Gasteiger charge is 2.24. The first-order valence-electron chi connectivity index (χ1n) is 6.80. The van der Waals surface area contributed by atoms with Gasteiger partial charge < -0.3 is 11.1 Å². The molecule has 3 rings (SSSR count). The fraction of sp³-hybridized carbons (Fsp3) is 0.583. The number of nitrogens with zero attached hydrogens (tertiary/aromatic N) is 5. The Labute approximate surface area is 115 Å². The van der Waals surface area contributed by atoms with E-state index in [2.05, 4.69) is 32.9 Å². The molecule has 0 radical (unpaired) electrons. The number of carbonyl (C=O) groups is 1. The monoisotopic (exact) mass is 275 g/mol. The molecule has 0 spiro atoms. The molecule has 2 heterocycles. The minimum absolute atomic E-state index is 0.296. The number of fused-ring (bicyclic) bond motifs is 1. The third-order valence-electron chi connectivity index (χ3n) is 3.95. The maximum atomic E-state index is 11.6. The number of aromatic nitrogens is 5. The highest BCUT2D eigenvalue weighted by molar-refractivity contribution is 6.01. The molecule has 1 saturated carbocycles. The van der Waals surface area contributed by atoms with Gasteiger partial charge in [-0.15, -0.1) is 9.73 Å². The number of amides is 1. The SMILES string of the molecule is CC1CCCCC1Nc1c(C(N)=O)cnn2nnnc12. The van der Waals surface area contributed by atoms with Gasteiger partial charge in [-0.05, 0) is 29.2 Å². The van der Waals surface area contributed by atoms with Crippen molar-refractivity contribution < 1.29 is 4.79 Å². The van der Waals surface area contributed by atoms with Gasteiger partial charge in [-0.25, -0.2) is 0 Å². The lowest BCUT2D eigenvalue weighted by atomic mass is 9.86. The molecule has 0 saturated heterocycles. The molecule has 2 atom stereocenters. The molecule has 2 unspecified atom stereocenters. The number of rotatable bonds is 3. The predicted molar refractivity (Wildman–Crippen MR) is 72.1 cm³/mol. The lowest BCUT2D eigenvalue weighted by molar-refractivity contribution is 0.100. The van der Waals surface area contributed by atoms with E-state index in [4.69, 9.17) is 5.73 Å². The van der Waals surface area contributed by atoms with Crippen LogP contribution in [0.3, 0.4) is 0 Å². The van der Waals surface area contributed by atoms with Crippen LogP contribution in [0.5, 0.6) is 0 Å². The van der Waals surface area contributed by atoms with E-state index in [1.54, 1.807) is 0 Å². The van der Waals surface area contributed by atoms with Gasteiger partial charge in [0.05, 0.1) is 17.4 Å². The molecule has 1 amide bonds. The van der Waals surface area contributed by atoms with Gasteiger partial charge in [0, 0.05) is 6.04 Å². The summed E-state index contributed by atoms with van der Waals surface area (Å²) in [5.74, 6) is 0.00235. The Morgan fingerprint density at radius 3 is 3.00 bits per heavy atom. The normalized spacial score (nSPS) is 22.9. The Kier molecular flexibility index (Phi) is 3.21. The molecular formula is C12H17N7O. The van der Waals surface area contributed by atoms with Crippen LogP contribution in [-0.2, 0) is 0 Å². The molecule has 8 heteroatoms. The Morgan fingerprint density at radius 1 is 1.45 bits per heavy atom. The summed E-state index contributed by atoms with van der Waals surface area (Å²) < 4.78 is 1.29. The number of hydrogen-bond donors (Lipinski definition) is 2. The van der Waals surface area contributed by atoms with Crippen LogP contribution in [0.15, 0.2) is 6.20 Å². The van der Waals surface area contributed by atoms with Gasteiger partial charge in [-0.3, -0.25) is 4.79 Å². The van der Waals surface area contributed by atoms with Gasteiger partial charge >= 0.3 is 0 Å². The average Bonchev–Trinajstić information content (AvgIpc) is 2.90. The Balaban J connectivity index is 2.01.